The first-order valence-corrected chi connectivity index (χ1v) is 4.23. The molecular formula is C10H16N2O. The van der Waals surface area contributed by atoms with Gasteiger partial charge in [0.1, 0.15) is 5.75 Å². The Hall–Kier alpha value is -1.22. The molecule has 0 aliphatic rings. The minimum absolute atomic E-state index is 0.208. The van der Waals surface area contributed by atoms with E-state index in [4.69, 9.17) is 5.73 Å². The summed E-state index contributed by atoms with van der Waals surface area (Å²) in [5, 5.41) is 9.62. The normalized spacial score (nSPS) is 10.8. The van der Waals surface area contributed by atoms with E-state index in [9.17, 15) is 5.11 Å². The molecule has 0 unspecified atom stereocenters. The SMILES string of the molecule is Cc1cc(N)c(O)c(CN(C)C)c1. The maximum Gasteiger partial charge on any atom is 0.142 e. The molecule has 72 valence electrons. The van der Waals surface area contributed by atoms with Gasteiger partial charge in [0.05, 0.1) is 5.69 Å². The Morgan fingerprint density at radius 3 is 2.54 bits per heavy atom. The third-order valence-electron chi connectivity index (χ3n) is 1.85. The molecule has 0 aliphatic carbocycles. The van der Waals surface area contributed by atoms with Gasteiger partial charge in [-0.15, -0.1) is 0 Å². The van der Waals surface area contributed by atoms with Gasteiger partial charge in [-0.2, -0.15) is 0 Å². The lowest BCUT2D eigenvalue weighted by Gasteiger charge is -2.13. The monoisotopic (exact) mass is 180 g/mol. The molecule has 1 aromatic carbocycles. The maximum atomic E-state index is 9.62. The van der Waals surface area contributed by atoms with Crippen LogP contribution in [0.3, 0.4) is 0 Å². The average Bonchev–Trinajstić information content (AvgIpc) is 1.98. The van der Waals surface area contributed by atoms with E-state index in [1.54, 1.807) is 6.07 Å². The first-order valence-electron chi connectivity index (χ1n) is 4.23. The minimum Gasteiger partial charge on any atom is -0.505 e. The highest BCUT2D eigenvalue weighted by molar-refractivity contribution is 5.57. The highest BCUT2D eigenvalue weighted by atomic mass is 16.3. The predicted octanol–water partition coefficient (Wildman–Crippen LogP) is 1.34. The number of aryl methyl sites for hydroxylation is 1. The average molecular weight is 180 g/mol. The number of phenolic OH excluding ortho intramolecular Hbond substituents is 1. The number of rotatable bonds is 2. The number of benzene rings is 1. The molecule has 0 aromatic heterocycles. The molecule has 0 heterocycles. The zero-order chi connectivity index (χ0) is 10.0. The van der Waals surface area contributed by atoms with Gasteiger partial charge in [0.15, 0.2) is 0 Å². The highest BCUT2D eigenvalue weighted by Crippen LogP contribution is 2.27. The van der Waals surface area contributed by atoms with Crippen LogP contribution in [0.5, 0.6) is 5.75 Å². The Labute approximate surface area is 78.8 Å². The van der Waals surface area contributed by atoms with Crippen LogP contribution in [0.2, 0.25) is 0 Å². The van der Waals surface area contributed by atoms with Crippen molar-refractivity contribution in [2.45, 2.75) is 13.5 Å². The quantitative estimate of drug-likeness (QED) is 0.533. The van der Waals surface area contributed by atoms with E-state index in [2.05, 4.69) is 0 Å². The second-order valence-electron chi connectivity index (χ2n) is 3.60. The maximum absolute atomic E-state index is 9.62. The molecule has 0 atom stereocenters. The van der Waals surface area contributed by atoms with Gasteiger partial charge in [0.2, 0.25) is 0 Å². The van der Waals surface area contributed by atoms with Gasteiger partial charge in [0, 0.05) is 12.1 Å². The van der Waals surface area contributed by atoms with Crippen molar-refractivity contribution in [1.29, 1.82) is 0 Å². The van der Waals surface area contributed by atoms with Gasteiger partial charge < -0.3 is 15.7 Å². The van der Waals surface area contributed by atoms with E-state index >= 15 is 0 Å². The standard InChI is InChI=1S/C10H16N2O/c1-7-4-8(6-12(2)3)10(13)9(11)5-7/h4-5,13H,6,11H2,1-3H3. The van der Waals surface area contributed by atoms with Crippen LogP contribution in [0.4, 0.5) is 5.69 Å². The fourth-order valence-electron chi connectivity index (χ4n) is 1.35. The number of hydrogen-bond donors (Lipinski definition) is 2. The predicted molar refractivity (Wildman–Crippen MR) is 54.6 cm³/mol. The van der Waals surface area contributed by atoms with Crippen molar-refractivity contribution in [3.05, 3.63) is 23.3 Å². The van der Waals surface area contributed by atoms with Crippen LogP contribution in [0.1, 0.15) is 11.1 Å². The molecule has 0 saturated heterocycles. The van der Waals surface area contributed by atoms with Gasteiger partial charge in [-0.1, -0.05) is 6.07 Å². The summed E-state index contributed by atoms with van der Waals surface area (Å²) in [6.45, 7) is 2.67. The first-order chi connectivity index (χ1) is 6.00. The van der Waals surface area contributed by atoms with Crippen LogP contribution in [-0.2, 0) is 6.54 Å². The van der Waals surface area contributed by atoms with E-state index < -0.39 is 0 Å². The van der Waals surface area contributed by atoms with E-state index in [1.807, 2.05) is 32.0 Å². The first kappa shape index (κ1) is 9.86. The number of nitrogen functional groups attached to an aromatic ring is 1. The molecule has 1 aromatic rings. The molecule has 3 N–H and O–H groups in total. The van der Waals surface area contributed by atoms with Crippen LogP contribution < -0.4 is 5.73 Å². The Kier molecular flexibility index (Phi) is 2.78. The third-order valence-corrected chi connectivity index (χ3v) is 1.85. The lowest BCUT2D eigenvalue weighted by molar-refractivity contribution is 0.386. The Morgan fingerprint density at radius 1 is 1.38 bits per heavy atom. The molecule has 0 bridgehead atoms. The number of nitrogens with two attached hydrogens (primary N) is 1. The zero-order valence-corrected chi connectivity index (χ0v) is 8.33. The molecule has 0 aliphatic heterocycles. The van der Waals surface area contributed by atoms with Gasteiger partial charge in [0.25, 0.3) is 0 Å². The van der Waals surface area contributed by atoms with E-state index in [0.717, 1.165) is 11.1 Å². The fourth-order valence-corrected chi connectivity index (χ4v) is 1.35. The van der Waals surface area contributed by atoms with Crippen molar-refractivity contribution in [2.75, 3.05) is 19.8 Å². The van der Waals surface area contributed by atoms with Gasteiger partial charge in [-0.05, 0) is 32.6 Å². The van der Waals surface area contributed by atoms with Crippen molar-refractivity contribution in [2.24, 2.45) is 0 Å². The fraction of sp³-hybridized carbons (Fsp3) is 0.400. The number of nitrogens with zero attached hydrogens (tertiary/aromatic N) is 1. The van der Waals surface area contributed by atoms with Gasteiger partial charge in [-0.25, -0.2) is 0 Å². The molecule has 0 saturated carbocycles. The van der Waals surface area contributed by atoms with Crippen LogP contribution in [0.25, 0.3) is 0 Å². The molecule has 0 radical (unpaired) electrons. The summed E-state index contributed by atoms with van der Waals surface area (Å²) in [5.41, 5.74) is 8.04. The lowest BCUT2D eigenvalue weighted by Crippen LogP contribution is -2.11. The molecule has 1 rings (SSSR count). The molecule has 0 amide bonds. The molecule has 0 spiro atoms. The van der Waals surface area contributed by atoms with Crippen LogP contribution >= 0.6 is 0 Å². The molecule has 3 heteroatoms. The molecule has 3 nitrogen and oxygen atoms in total. The summed E-state index contributed by atoms with van der Waals surface area (Å²) >= 11 is 0. The van der Waals surface area contributed by atoms with Gasteiger partial charge >= 0.3 is 0 Å². The summed E-state index contributed by atoms with van der Waals surface area (Å²) in [6.07, 6.45) is 0. The van der Waals surface area contributed by atoms with Gasteiger partial charge in [-0.3, -0.25) is 0 Å². The number of anilines is 1. The van der Waals surface area contributed by atoms with E-state index in [0.29, 0.717) is 12.2 Å². The summed E-state index contributed by atoms with van der Waals surface area (Å²) in [4.78, 5) is 1.99. The summed E-state index contributed by atoms with van der Waals surface area (Å²) < 4.78 is 0. The van der Waals surface area contributed by atoms with Crippen molar-refractivity contribution < 1.29 is 5.11 Å². The van der Waals surface area contributed by atoms with Crippen molar-refractivity contribution >= 4 is 5.69 Å². The van der Waals surface area contributed by atoms with Crippen molar-refractivity contribution in [3.63, 3.8) is 0 Å². The topological polar surface area (TPSA) is 49.5 Å². The number of aromatic hydroxyl groups is 1. The summed E-state index contributed by atoms with van der Waals surface area (Å²) in [5.74, 6) is 0.208. The summed E-state index contributed by atoms with van der Waals surface area (Å²) in [6, 6.07) is 3.72. The highest BCUT2D eigenvalue weighted by Gasteiger charge is 2.06. The third kappa shape index (κ3) is 2.36. The lowest BCUT2D eigenvalue weighted by atomic mass is 10.1. The number of phenols is 1. The largest absolute Gasteiger partial charge is 0.505 e. The van der Waals surface area contributed by atoms with Crippen LogP contribution in [-0.4, -0.2) is 24.1 Å². The minimum atomic E-state index is 0.208. The Balaban J connectivity index is 3.05. The molecule has 13 heavy (non-hydrogen) atoms. The number of hydrogen-bond acceptors (Lipinski definition) is 3. The van der Waals surface area contributed by atoms with E-state index in [1.165, 1.54) is 0 Å². The Morgan fingerprint density at radius 2 is 2.00 bits per heavy atom. The second kappa shape index (κ2) is 3.66. The van der Waals surface area contributed by atoms with E-state index in [-0.39, 0.29) is 5.75 Å². The smallest absolute Gasteiger partial charge is 0.142 e. The van der Waals surface area contributed by atoms with Crippen molar-refractivity contribution in [1.82, 2.24) is 4.90 Å². The van der Waals surface area contributed by atoms with Crippen LogP contribution in [0.15, 0.2) is 12.1 Å². The van der Waals surface area contributed by atoms with Crippen LogP contribution in [0, 0.1) is 6.92 Å². The summed E-state index contributed by atoms with van der Waals surface area (Å²) in [7, 11) is 3.91. The van der Waals surface area contributed by atoms with Crippen molar-refractivity contribution in [3.8, 4) is 5.75 Å². The second-order valence-corrected chi connectivity index (χ2v) is 3.60. The molecule has 0 fully saturated rings. The Bertz CT molecular complexity index is 308. The zero-order valence-electron chi connectivity index (χ0n) is 8.33. The molecular weight excluding hydrogens is 164 g/mol.